The lowest BCUT2D eigenvalue weighted by Gasteiger charge is -2.59. The number of benzene rings is 2. The number of hydrogen-bond donors (Lipinski definition) is 2. The van der Waals surface area contributed by atoms with Gasteiger partial charge in [0.15, 0.2) is 0 Å². The molecule has 2 aliphatic heterocycles. The Balaban J connectivity index is 1.55. The fraction of sp³-hybridized carbons (Fsp3) is 0.571. The first-order valence-electron chi connectivity index (χ1n) is 19.6. The molecule has 2 fully saturated rings. The first-order chi connectivity index (χ1) is 26.9. The topological polar surface area (TPSA) is 122 Å². The minimum atomic E-state index is -1.46. The number of ether oxygens (including phenoxy) is 4. The van der Waals surface area contributed by atoms with Crippen molar-refractivity contribution in [3.8, 4) is 11.5 Å². The largest absolute Gasteiger partial charge is 0.492 e. The van der Waals surface area contributed by atoms with Crippen LogP contribution in [-0.4, -0.2) is 109 Å². The number of hydrogen-bond acceptors (Lipinski definition) is 10. The molecule has 11 nitrogen and oxygen atoms in total. The SMILES string of the molecule is C=CCOC12Oc3ccc(OCCN4CC4)cc3C3C(CCCCO)C(CCCCO)C=C(C(=NOC)CC1N(Cc1ccc(F)cc1)C(=O)OCCCl)C32. The number of oxime groups is 1. The zero-order valence-corrected chi connectivity index (χ0v) is 32.5. The van der Waals surface area contributed by atoms with Crippen molar-refractivity contribution in [3.05, 3.63) is 83.7 Å². The van der Waals surface area contributed by atoms with Crippen LogP contribution in [0.15, 0.2) is 71.9 Å². The summed E-state index contributed by atoms with van der Waals surface area (Å²) in [5.74, 6) is -0.894. The van der Waals surface area contributed by atoms with E-state index in [1.165, 1.54) is 19.2 Å². The summed E-state index contributed by atoms with van der Waals surface area (Å²) in [6.45, 7) is 7.93. The fourth-order valence-electron chi connectivity index (χ4n) is 8.73. The van der Waals surface area contributed by atoms with Crippen molar-refractivity contribution in [3.63, 3.8) is 0 Å². The highest BCUT2D eigenvalue weighted by molar-refractivity contribution is 6.18. The van der Waals surface area contributed by atoms with Gasteiger partial charge in [-0.1, -0.05) is 42.3 Å². The number of fused-ring (bicyclic) bond motifs is 2. The zero-order valence-electron chi connectivity index (χ0n) is 31.8. The minimum Gasteiger partial charge on any atom is -0.492 e. The third-order valence-corrected chi connectivity index (χ3v) is 11.4. The van der Waals surface area contributed by atoms with Gasteiger partial charge in [-0.2, -0.15) is 0 Å². The number of aliphatic hydroxyl groups excluding tert-OH is 2. The highest BCUT2D eigenvalue weighted by Crippen LogP contribution is 2.62. The van der Waals surface area contributed by atoms with E-state index in [9.17, 15) is 19.4 Å². The van der Waals surface area contributed by atoms with Crippen LogP contribution in [0.4, 0.5) is 9.18 Å². The van der Waals surface area contributed by atoms with Crippen molar-refractivity contribution in [2.45, 2.75) is 69.2 Å². The minimum absolute atomic E-state index is 0.0174. The Kier molecular flexibility index (Phi) is 14.5. The Labute approximate surface area is 328 Å². The van der Waals surface area contributed by atoms with Crippen LogP contribution >= 0.6 is 11.6 Å². The molecular formula is C42H55ClFN3O8. The van der Waals surface area contributed by atoms with Crippen LogP contribution in [0.3, 0.4) is 0 Å². The summed E-state index contributed by atoms with van der Waals surface area (Å²) in [6, 6.07) is 11.2. The Morgan fingerprint density at radius 2 is 1.87 bits per heavy atom. The molecule has 6 unspecified atom stereocenters. The molecule has 0 aromatic heterocycles. The van der Waals surface area contributed by atoms with Gasteiger partial charge in [0.1, 0.15) is 43.7 Å². The second kappa shape index (κ2) is 19.5. The van der Waals surface area contributed by atoms with E-state index < -0.39 is 23.8 Å². The molecule has 2 heterocycles. The Morgan fingerprint density at radius 1 is 1.11 bits per heavy atom. The third-order valence-electron chi connectivity index (χ3n) is 11.2. The molecule has 1 saturated carbocycles. The Bertz CT molecular complexity index is 1660. The maximum absolute atomic E-state index is 14.2. The molecule has 55 heavy (non-hydrogen) atoms. The van der Waals surface area contributed by atoms with E-state index in [1.807, 2.05) is 12.1 Å². The van der Waals surface area contributed by atoms with E-state index >= 15 is 0 Å². The molecule has 1 amide bonds. The molecule has 13 heteroatoms. The van der Waals surface area contributed by atoms with Gasteiger partial charge in [-0.05, 0) is 79.0 Å². The molecule has 4 aliphatic rings. The summed E-state index contributed by atoms with van der Waals surface area (Å²) in [5.41, 5.74) is 3.25. The van der Waals surface area contributed by atoms with Crippen LogP contribution in [0.2, 0.25) is 0 Å². The van der Waals surface area contributed by atoms with Crippen LogP contribution < -0.4 is 9.47 Å². The number of rotatable bonds is 21. The molecule has 6 atom stereocenters. The quantitative estimate of drug-likeness (QED) is 0.0471. The van der Waals surface area contributed by atoms with Crippen LogP contribution in [0, 0.1) is 23.6 Å². The summed E-state index contributed by atoms with van der Waals surface area (Å²) in [5, 5.41) is 24.2. The predicted molar refractivity (Wildman–Crippen MR) is 208 cm³/mol. The summed E-state index contributed by atoms with van der Waals surface area (Å²) < 4.78 is 40.3. The molecule has 2 N–H and O–H groups in total. The van der Waals surface area contributed by atoms with Crippen LogP contribution in [0.1, 0.15) is 62.0 Å². The van der Waals surface area contributed by atoms with Crippen LogP contribution in [0.5, 0.6) is 11.5 Å². The second-order valence-corrected chi connectivity index (χ2v) is 15.1. The number of carbonyl (C=O) groups is 1. The second-order valence-electron chi connectivity index (χ2n) is 14.7. The van der Waals surface area contributed by atoms with Crippen molar-refractivity contribution in [1.29, 1.82) is 0 Å². The van der Waals surface area contributed by atoms with Gasteiger partial charge in [-0.15, -0.1) is 18.2 Å². The van der Waals surface area contributed by atoms with Gasteiger partial charge in [-0.3, -0.25) is 9.80 Å². The number of carbonyl (C=O) groups excluding carboxylic acids is 1. The maximum Gasteiger partial charge on any atom is 0.410 e. The molecule has 2 aromatic carbocycles. The standard InChI is InChI=1S/C42H55ClFN3O8/c1-3-22-54-42-38(47(41(50)53-23-16-43)28-29-10-12-31(44)13-11-29)27-36(45-51-2)34-25-30(8-4-6-20-48)33(9-5-7-21-49)39(40(34)42)35-26-32(14-15-37(35)55-42)52-24-19-46-17-18-46/h3,10-15,25-26,30,33,38-40,48-49H,1,4-9,16-24,27-28H2,2H3. The molecule has 2 aromatic rings. The smallest absolute Gasteiger partial charge is 0.410 e. The van der Waals surface area contributed by atoms with E-state index in [0.29, 0.717) is 36.5 Å². The number of nitrogens with zero attached hydrogens (tertiary/aromatic N) is 3. The number of halogens is 2. The van der Waals surface area contributed by atoms with E-state index in [0.717, 1.165) is 62.2 Å². The molecule has 1 saturated heterocycles. The van der Waals surface area contributed by atoms with E-state index in [-0.39, 0.29) is 68.8 Å². The van der Waals surface area contributed by atoms with Gasteiger partial charge in [0, 0.05) is 57.3 Å². The summed E-state index contributed by atoms with van der Waals surface area (Å²) in [6.07, 6.45) is 8.15. The van der Waals surface area contributed by atoms with Gasteiger partial charge >= 0.3 is 6.09 Å². The lowest BCUT2D eigenvalue weighted by Crippen LogP contribution is -2.70. The lowest BCUT2D eigenvalue weighted by molar-refractivity contribution is -0.256. The van der Waals surface area contributed by atoms with E-state index in [4.69, 9.17) is 35.4 Å². The molecule has 6 rings (SSSR count). The summed E-state index contributed by atoms with van der Waals surface area (Å²) >= 11 is 6.01. The molecular weight excluding hydrogens is 729 g/mol. The van der Waals surface area contributed by atoms with Crippen molar-refractivity contribution in [1.82, 2.24) is 9.80 Å². The van der Waals surface area contributed by atoms with Crippen LogP contribution in [-0.2, 0) is 20.9 Å². The number of aliphatic hydroxyl groups is 2. The molecule has 0 radical (unpaired) electrons. The van der Waals surface area contributed by atoms with Gasteiger partial charge in [0.2, 0.25) is 5.79 Å². The number of amides is 1. The molecule has 0 bridgehead atoms. The monoisotopic (exact) mass is 783 g/mol. The Hall–Kier alpha value is -3.68. The molecule has 2 aliphatic carbocycles. The van der Waals surface area contributed by atoms with Crippen molar-refractivity contribution < 1.29 is 43.2 Å². The molecule has 0 spiro atoms. The highest BCUT2D eigenvalue weighted by Gasteiger charge is 2.65. The molecule has 300 valence electrons. The zero-order chi connectivity index (χ0) is 38.8. The van der Waals surface area contributed by atoms with Crippen molar-refractivity contribution >= 4 is 23.4 Å². The normalized spacial score (nSPS) is 25.9. The average Bonchev–Trinajstić information content (AvgIpc) is 4.02. The summed E-state index contributed by atoms with van der Waals surface area (Å²) in [7, 11) is 1.51. The van der Waals surface area contributed by atoms with Crippen molar-refractivity contribution in [2.24, 2.45) is 22.9 Å². The first kappa shape index (κ1) is 41.0. The van der Waals surface area contributed by atoms with Gasteiger partial charge in [-0.25, -0.2) is 9.18 Å². The van der Waals surface area contributed by atoms with Gasteiger partial charge < -0.3 is 34.0 Å². The van der Waals surface area contributed by atoms with E-state index in [2.05, 4.69) is 28.8 Å². The third kappa shape index (κ3) is 9.48. The maximum atomic E-state index is 14.2. The number of alkyl halides is 1. The van der Waals surface area contributed by atoms with Gasteiger partial charge in [0.05, 0.1) is 24.1 Å². The van der Waals surface area contributed by atoms with Crippen molar-refractivity contribution in [2.75, 3.05) is 65.7 Å². The highest BCUT2D eigenvalue weighted by atomic mass is 35.5. The first-order valence-corrected chi connectivity index (χ1v) is 20.1. The average molecular weight is 784 g/mol. The summed E-state index contributed by atoms with van der Waals surface area (Å²) in [4.78, 5) is 23.7. The number of allylic oxidation sites excluding steroid dienone is 1. The fourth-order valence-corrected chi connectivity index (χ4v) is 8.81. The number of unbranched alkanes of at least 4 members (excludes halogenated alkanes) is 2. The lowest BCUT2D eigenvalue weighted by atomic mass is 9.55. The van der Waals surface area contributed by atoms with Crippen LogP contribution in [0.25, 0.3) is 0 Å². The predicted octanol–water partition coefficient (Wildman–Crippen LogP) is 6.66. The Morgan fingerprint density at radius 3 is 2.56 bits per heavy atom. The van der Waals surface area contributed by atoms with Gasteiger partial charge in [0.25, 0.3) is 0 Å². The van der Waals surface area contributed by atoms with E-state index in [1.54, 1.807) is 23.1 Å².